The summed E-state index contributed by atoms with van der Waals surface area (Å²) in [5.74, 6) is -1.25. The molecule has 2 aromatic rings. The number of rotatable bonds is 6. The number of methoxy groups -OCH3 is 1. The molecule has 0 bridgehead atoms. The molecule has 1 heterocycles. The number of aromatic nitrogens is 4. The number of nitrogens with one attached hydrogen (secondary N) is 2. The molecule has 1 aromatic carbocycles. The summed E-state index contributed by atoms with van der Waals surface area (Å²) in [4.78, 5) is 23.1. The molecule has 0 saturated heterocycles. The molecule has 0 aliphatic heterocycles. The Morgan fingerprint density at radius 2 is 2.17 bits per heavy atom. The Morgan fingerprint density at radius 1 is 1.39 bits per heavy atom. The highest BCUT2D eigenvalue weighted by Crippen LogP contribution is 2.22. The van der Waals surface area contributed by atoms with Crippen LogP contribution in [0.4, 0.5) is 10.1 Å². The summed E-state index contributed by atoms with van der Waals surface area (Å²) in [6.07, 6.45) is 0.297. The van der Waals surface area contributed by atoms with E-state index in [1.165, 1.54) is 25.3 Å². The molecular weight excluding hydrogens is 305 g/mol. The van der Waals surface area contributed by atoms with Crippen LogP contribution in [0, 0.1) is 11.7 Å². The normalized spacial score (nSPS) is 11.8. The third-order valence-electron chi connectivity index (χ3n) is 3.11. The first kappa shape index (κ1) is 16.5. The lowest BCUT2D eigenvalue weighted by molar-refractivity contribution is -0.141. The molecule has 1 unspecified atom stereocenters. The molecule has 122 valence electrons. The first-order valence-electron chi connectivity index (χ1n) is 6.89. The standard InChI is InChI=1S/C14H16FN5O3/c1-8(6-13(22)23-2)5-12(21)16-9-3-4-11(15)10(7-9)14-17-19-20-18-14/h3-4,7-8H,5-6H2,1-2H3,(H,16,21)(H,17,18,19,20). The smallest absolute Gasteiger partial charge is 0.305 e. The van der Waals surface area contributed by atoms with Gasteiger partial charge in [0.2, 0.25) is 11.7 Å². The van der Waals surface area contributed by atoms with Crippen LogP contribution >= 0.6 is 0 Å². The highest BCUT2D eigenvalue weighted by atomic mass is 19.1. The summed E-state index contributed by atoms with van der Waals surface area (Å²) in [7, 11) is 1.30. The second-order valence-electron chi connectivity index (χ2n) is 5.07. The zero-order valence-electron chi connectivity index (χ0n) is 12.7. The lowest BCUT2D eigenvalue weighted by atomic mass is 10.0. The molecule has 1 atom stereocenters. The maximum Gasteiger partial charge on any atom is 0.305 e. The average molecular weight is 321 g/mol. The van der Waals surface area contributed by atoms with Gasteiger partial charge in [-0.2, -0.15) is 5.21 Å². The van der Waals surface area contributed by atoms with Crippen molar-refractivity contribution < 1.29 is 18.7 Å². The minimum absolute atomic E-state index is 0.0951. The van der Waals surface area contributed by atoms with Crippen molar-refractivity contribution in [2.45, 2.75) is 19.8 Å². The van der Waals surface area contributed by atoms with Crippen molar-refractivity contribution in [2.24, 2.45) is 5.92 Å². The Labute approximate surface area is 131 Å². The number of nitrogens with zero attached hydrogens (tertiary/aromatic N) is 3. The van der Waals surface area contributed by atoms with Crippen LogP contribution in [0.3, 0.4) is 0 Å². The van der Waals surface area contributed by atoms with Crippen LogP contribution in [0.15, 0.2) is 18.2 Å². The number of benzene rings is 1. The molecule has 1 aromatic heterocycles. The number of anilines is 1. The van der Waals surface area contributed by atoms with Crippen molar-refractivity contribution in [2.75, 3.05) is 12.4 Å². The SMILES string of the molecule is COC(=O)CC(C)CC(=O)Nc1ccc(F)c(-c2nn[nH]n2)c1. The quantitative estimate of drug-likeness (QED) is 0.781. The van der Waals surface area contributed by atoms with Gasteiger partial charge in [-0.1, -0.05) is 6.92 Å². The minimum atomic E-state index is -0.525. The number of tetrazole rings is 1. The van der Waals surface area contributed by atoms with E-state index in [0.29, 0.717) is 5.69 Å². The van der Waals surface area contributed by atoms with Crippen LogP contribution < -0.4 is 5.32 Å². The second-order valence-corrected chi connectivity index (χ2v) is 5.07. The Morgan fingerprint density at radius 3 is 2.83 bits per heavy atom. The first-order chi connectivity index (χ1) is 11.0. The van der Waals surface area contributed by atoms with E-state index < -0.39 is 5.82 Å². The number of carbonyl (C=O) groups is 2. The molecule has 2 rings (SSSR count). The van der Waals surface area contributed by atoms with Crippen LogP contribution in [-0.4, -0.2) is 39.6 Å². The summed E-state index contributed by atoms with van der Waals surface area (Å²) in [5, 5.41) is 15.7. The van der Waals surface area contributed by atoms with Crippen molar-refractivity contribution >= 4 is 17.6 Å². The van der Waals surface area contributed by atoms with Gasteiger partial charge in [-0.05, 0) is 29.3 Å². The maximum atomic E-state index is 13.8. The average Bonchev–Trinajstić information content (AvgIpc) is 3.02. The lowest BCUT2D eigenvalue weighted by Gasteiger charge is -2.11. The number of amides is 1. The van der Waals surface area contributed by atoms with Gasteiger partial charge in [-0.25, -0.2) is 4.39 Å². The molecule has 1 amide bonds. The maximum absolute atomic E-state index is 13.8. The fraction of sp³-hybridized carbons (Fsp3) is 0.357. The van der Waals surface area contributed by atoms with E-state index in [1.54, 1.807) is 6.92 Å². The van der Waals surface area contributed by atoms with Crippen molar-refractivity contribution in [3.05, 3.63) is 24.0 Å². The molecule has 23 heavy (non-hydrogen) atoms. The summed E-state index contributed by atoms with van der Waals surface area (Å²) < 4.78 is 18.3. The first-order valence-corrected chi connectivity index (χ1v) is 6.89. The van der Waals surface area contributed by atoms with Crippen molar-refractivity contribution in [1.29, 1.82) is 0 Å². The number of aromatic amines is 1. The molecular formula is C14H16FN5O3. The Hall–Kier alpha value is -2.84. The van der Waals surface area contributed by atoms with Gasteiger partial charge in [-0.15, -0.1) is 10.2 Å². The topological polar surface area (TPSA) is 110 Å². The van der Waals surface area contributed by atoms with Gasteiger partial charge >= 0.3 is 5.97 Å². The van der Waals surface area contributed by atoms with E-state index in [0.717, 1.165) is 0 Å². The van der Waals surface area contributed by atoms with Crippen LogP contribution in [0.2, 0.25) is 0 Å². The predicted octanol–water partition coefficient (Wildman–Crippen LogP) is 1.53. The molecule has 9 heteroatoms. The van der Waals surface area contributed by atoms with Gasteiger partial charge in [0, 0.05) is 18.5 Å². The van der Waals surface area contributed by atoms with Gasteiger partial charge in [0.05, 0.1) is 12.7 Å². The monoisotopic (exact) mass is 321 g/mol. The van der Waals surface area contributed by atoms with E-state index in [1.807, 2.05) is 0 Å². The van der Waals surface area contributed by atoms with Crippen LogP contribution in [-0.2, 0) is 14.3 Å². The minimum Gasteiger partial charge on any atom is -0.469 e. The van der Waals surface area contributed by atoms with Gasteiger partial charge in [0.15, 0.2) is 0 Å². The van der Waals surface area contributed by atoms with Crippen molar-refractivity contribution in [3.8, 4) is 11.4 Å². The van der Waals surface area contributed by atoms with Crippen LogP contribution in [0.1, 0.15) is 19.8 Å². The Balaban J connectivity index is 2.01. The summed E-state index contributed by atoms with van der Waals surface area (Å²) in [6.45, 7) is 1.77. The number of ether oxygens (including phenoxy) is 1. The number of esters is 1. The fourth-order valence-corrected chi connectivity index (χ4v) is 2.02. The van der Waals surface area contributed by atoms with E-state index >= 15 is 0 Å². The highest BCUT2D eigenvalue weighted by molar-refractivity contribution is 5.91. The van der Waals surface area contributed by atoms with Gasteiger partial charge < -0.3 is 10.1 Å². The number of H-pyrrole nitrogens is 1. The Bertz CT molecular complexity index is 690. The zero-order chi connectivity index (χ0) is 16.8. The molecule has 0 radical (unpaired) electrons. The molecule has 2 N–H and O–H groups in total. The van der Waals surface area contributed by atoms with Crippen LogP contribution in [0.5, 0.6) is 0 Å². The summed E-state index contributed by atoms with van der Waals surface area (Å²) >= 11 is 0. The van der Waals surface area contributed by atoms with E-state index in [4.69, 9.17) is 0 Å². The number of halogens is 1. The van der Waals surface area contributed by atoms with Crippen molar-refractivity contribution in [1.82, 2.24) is 20.6 Å². The number of carbonyl (C=O) groups excluding carboxylic acids is 2. The number of hydrogen-bond acceptors (Lipinski definition) is 6. The van der Waals surface area contributed by atoms with E-state index in [9.17, 15) is 14.0 Å². The van der Waals surface area contributed by atoms with Gasteiger partial charge in [-0.3, -0.25) is 9.59 Å². The lowest BCUT2D eigenvalue weighted by Crippen LogP contribution is -2.17. The van der Waals surface area contributed by atoms with Gasteiger partial charge in [0.1, 0.15) is 5.82 Å². The molecule has 0 saturated carbocycles. The molecule has 8 nitrogen and oxygen atoms in total. The highest BCUT2D eigenvalue weighted by Gasteiger charge is 2.15. The van der Waals surface area contributed by atoms with Crippen molar-refractivity contribution in [3.63, 3.8) is 0 Å². The third kappa shape index (κ3) is 4.56. The van der Waals surface area contributed by atoms with E-state index in [-0.39, 0.29) is 42.0 Å². The second kappa shape index (κ2) is 7.43. The van der Waals surface area contributed by atoms with Crippen LogP contribution in [0.25, 0.3) is 11.4 Å². The molecule has 0 aliphatic carbocycles. The Kier molecular flexibility index (Phi) is 5.34. The molecule has 0 aliphatic rings. The van der Waals surface area contributed by atoms with E-state index in [2.05, 4.69) is 30.7 Å². The summed E-state index contributed by atoms with van der Waals surface area (Å²) in [6, 6.07) is 4.06. The predicted molar refractivity (Wildman–Crippen MR) is 78.6 cm³/mol. The fourth-order valence-electron chi connectivity index (χ4n) is 2.02. The largest absolute Gasteiger partial charge is 0.469 e. The zero-order valence-corrected chi connectivity index (χ0v) is 12.7. The molecule has 0 fully saturated rings. The summed E-state index contributed by atoms with van der Waals surface area (Å²) in [5.41, 5.74) is 0.528. The number of hydrogen-bond donors (Lipinski definition) is 2. The third-order valence-corrected chi connectivity index (χ3v) is 3.11. The molecule has 0 spiro atoms. The van der Waals surface area contributed by atoms with Gasteiger partial charge in [0.25, 0.3) is 0 Å².